The van der Waals surface area contributed by atoms with Gasteiger partial charge in [0.2, 0.25) is 0 Å². The summed E-state index contributed by atoms with van der Waals surface area (Å²) in [5.41, 5.74) is 8.51. The zero-order chi connectivity index (χ0) is 29.6. The Hall–Kier alpha value is -2.92. The van der Waals surface area contributed by atoms with Crippen LogP contribution in [0.1, 0.15) is 77.3 Å². The lowest BCUT2D eigenvalue weighted by Gasteiger charge is -2.49. The van der Waals surface area contributed by atoms with E-state index in [1.165, 1.54) is 81.0 Å². The van der Waals surface area contributed by atoms with Gasteiger partial charge in [0.15, 0.2) is 0 Å². The molecule has 218 valence electrons. The van der Waals surface area contributed by atoms with Crippen LogP contribution in [0.2, 0.25) is 0 Å². The first kappa shape index (κ1) is 27.6. The van der Waals surface area contributed by atoms with Gasteiger partial charge in [0.05, 0.1) is 11.2 Å². The van der Waals surface area contributed by atoms with Crippen LogP contribution in [0.25, 0.3) is 42.4 Å². The molecular formula is C39H41BO2S. The Kier molecular flexibility index (Phi) is 6.29. The Morgan fingerprint density at radius 2 is 1.51 bits per heavy atom. The van der Waals surface area contributed by atoms with E-state index in [2.05, 4.69) is 78.9 Å². The quantitative estimate of drug-likeness (QED) is 0.209. The molecule has 1 N–H and O–H groups in total. The van der Waals surface area contributed by atoms with Crippen LogP contribution >= 0.6 is 11.3 Å². The Balaban J connectivity index is 1.15. The largest absolute Gasteiger partial charge is 0.427 e. The molecule has 3 unspecified atom stereocenters. The van der Waals surface area contributed by atoms with Crippen molar-refractivity contribution in [2.24, 2.45) is 11.8 Å². The maximum absolute atomic E-state index is 10.5. The molecule has 0 aliphatic heterocycles. The van der Waals surface area contributed by atoms with Crippen LogP contribution in [0, 0.1) is 11.8 Å². The molecule has 1 spiro atoms. The van der Waals surface area contributed by atoms with Crippen molar-refractivity contribution in [2.75, 3.05) is 0 Å². The predicted molar refractivity (Wildman–Crippen MR) is 184 cm³/mol. The van der Waals surface area contributed by atoms with E-state index in [1.54, 1.807) is 25.0 Å². The number of hydrogen-bond donors (Lipinski definition) is 1. The third kappa shape index (κ3) is 4.28. The fourth-order valence-electron chi connectivity index (χ4n) is 8.46. The third-order valence-electron chi connectivity index (χ3n) is 11.6. The average molecular weight is 585 g/mol. The lowest BCUT2D eigenvalue weighted by molar-refractivity contribution is -0.0893. The molecule has 2 bridgehead atoms. The third-order valence-corrected chi connectivity index (χ3v) is 12.7. The molecule has 1 heterocycles. The van der Waals surface area contributed by atoms with Gasteiger partial charge in [0, 0.05) is 25.6 Å². The number of fused-ring (bicyclic) bond motifs is 11. The van der Waals surface area contributed by atoms with Gasteiger partial charge in [-0.15, -0.1) is 11.3 Å². The lowest BCUT2D eigenvalue weighted by Crippen LogP contribution is -2.49. The molecule has 2 fully saturated rings. The molecule has 3 aliphatic carbocycles. The normalized spacial score (nSPS) is 23.1. The second-order valence-corrected chi connectivity index (χ2v) is 15.6. The minimum Gasteiger partial charge on any atom is -0.427 e. The van der Waals surface area contributed by atoms with Crippen LogP contribution in [0.5, 0.6) is 0 Å². The first-order chi connectivity index (χ1) is 20.6. The van der Waals surface area contributed by atoms with E-state index >= 15 is 0 Å². The highest BCUT2D eigenvalue weighted by Crippen LogP contribution is 2.62. The van der Waals surface area contributed by atoms with E-state index in [9.17, 15) is 5.11 Å². The SMILES string of the molecule is CC(C)(O)C(C)(C)OBc1ccc2c(c1)sc1cc(-c3ccc4c(c3)-c3ccccc3C43CCC4CCCC3C4)ccc12. The van der Waals surface area contributed by atoms with Crippen LogP contribution in [-0.4, -0.2) is 23.8 Å². The maximum Gasteiger partial charge on any atom is 0.309 e. The van der Waals surface area contributed by atoms with Gasteiger partial charge in [0.25, 0.3) is 0 Å². The summed E-state index contributed by atoms with van der Waals surface area (Å²) in [4.78, 5) is 0. The summed E-state index contributed by atoms with van der Waals surface area (Å²) < 4.78 is 8.76. The first-order valence-electron chi connectivity index (χ1n) is 16.2. The molecule has 1 aromatic heterocycles. The smallest absolute Gasteiger partial charge is 0.309 e. The summed E-state index contributed by atoms with van der Waals surface area (Å²) >= 11 is 1.86. The van der Waals surface area contributed by atoms with Crippen molar-refractivity contribution < 1.29 is 9.76 Å². The molecule has 4 aromatic carbocycles. The van der Waals surface area contributed by atoms with E-state index in [1.807, 2.05) is 25.2 Å². The number of rotatable bonds is 5. The Bertz CT molecular complexity index is 1880. The molecule has 2 nitrogen and oxygen atoms in total. The number of hydrogen-bond acceptors (Lipinski definition) is 3. The highest BCUT2D eigenvalue weighted by Gasteiger charge is 2.51. The van der Waals surface area contributed by atoms with Crippen LogP contribution in [0.15, 0.2) is 78.9 Å². The van der Waals surface area contributed by atoms with Gasteiger partial charge >= 0.3 is 7.48 Å². The van der Waals surface area contributed by atoms with Crippen LogP contribution < -0.4 is 5.46 Å². The molecule has 43 heavy (non-hydrogen) atoms. The number of thiophene rings is 1. The molecule has 2 saturated carbocycles. The standard InChI is InChI=1S/C39H41BO2S/c1-37(2,41)38(3,4)42-40-28-14-16-31-30-15-12-26(22-35(30)43-36(31)23-28)25-13-17-34-32(21-25)29-10-5-6-11-33(29)39(34)19-18-24-8-7-9-27(39)20-24/h5-6,10-17,21-24,27,40-41H,7-9,18-20H2,1-4H3. The van der Waals surface area contributed by atoms with Crippen molar-refractivity contribution >= 4 is 44.5 Å². The topological polar surface area (TPSA) is 29.5 Å². The fourth-order valence-corrected chi connectivity index (χ4v) is 9.67. The summed E-state index contributed by atoms with van der Waals surface area (Å²) in [6, 6.07) is 30.4. The van der Waals surface area contributed by atoms with E-state index in [0.29, 0.717) is 7.48 Å². The van der Waals surface area contributed by atoms with Crippen LogP contribution in [0.3, 0.4) is 0 Å². The number of aliphatic hydroxyl groups is 1. The summed E-state index contributed by atoms with van der Waals surface area (Å²) in [6.07, 6.45) is 8.30. The number of benzene rings is 4. The van der Waals surface area contributed by atoms with Crippen LogP contribution in [0.4, 0.5) is 0 Å². The van der Waals surface area contributed by atoms with Crippen molar-refractivity contribution in [1.29, 1.82) is 0 Å². The van der Waals surface area contributed by atoms with Gasteiger partial charge in [-0.1, -0.05) is 79.0 Å². The van der Waals surface area contributed by atoms with Crippen molar-refractivity contribution in [3.63, 3.8) is 0 Å². The lowest BCUT2D eigenvalue weighted by atomic mass is 9.55. The van der Waals surface area contributed by atoms with Gasteiger partial charge < -0.3 is 9.76 Å². The maximum atomic E-state index is 10.5. The summed E-state index contributed by atoms with van der Waals surface area (Å²) in [5.74, 6) is 1.72. The minimum atomic E-state index is -0.916. The van der Waals surface area contributed by atoms with Crippen molar-refractivity contribution in [3.05, 3.63) is 90.0 Å². The second-order valence-electron chi connectivity index (χ2n) is 14.5. The summed E-state index contributed by atoms with van der Waals surface area (Å²) in [6.45, 7) is 7.51. The predicted octanol–water partition coefficient (Wildman–Crippen LogP) is 9.13. The summed E-state index contributed by atoms with van der Waals surface area (Å²) in [7, 11) is 0.478. The molecule has 4 heteroatoms. The zero-order valence-electron chi connectivity index (χ0n) is 25.9. The molecule has 0 radical (unpaired) electrons. The Labute approximate surface area is 260 Å². The molecule has 0 amide bonds. The monoisotopic (exact) mass is 584 g/mol. The molecule has 5 aromatic rings. The first-order valence-corrected chi connectivity index (χ1v) is 17.0. The minimum absolute atomic E-state index is 0.209. The zero-order valence-corrected chi connectivity index (χ0v) is 26.7. The second kappa shape index (κ2) is 9.79. The van der Waals surface area contributed by atoms with E-state index in [0.717, 1.165) is 17.3 Å². The molecule has 8 rings (SSSR count). The van der Waals surface area contributed by atoms with E-state index < -0.39 is 11.2 Å². The van der Waals surface area contributed by atoms with Gasteiger partial charge in [-0.3, -0.25) is 0 Å². The average Bonchev–Trinajstić information content (AvgIpc) is 3.50. The molecule has 0 saturated heterocycles. The summed E-state index contributed by atoms with van der Waals surface area (Å²) in [5, 5.41) is 13.1. The van der Waals surface area contributed by atoms with Gasteiger partial charge in [-0.05, 0) is 117 Å². The molecular weight excluding hydrogens is 543 g/mol. The van der Waals surface area contributed by atoms with Gasteiger partial charge in [0.1, 0.15) is 0 Å². The Morgan fingerprint density at radius 1 is 0.791 bits per heavy atom. The highest BCUT2D eigenvalue weighted by atomic mass is 32.1. The molecule has 3 atom stereocenters. The van der Waals surface area contributed by atoms with Gasteiger partial charge in [-0.2, -0.15) is 0 Å². The van der Waals surface area contributed by atoms with Gasteiger partial charge in [-0.25, -0.2) is 0 Å². The van der Waals surface area contributed by atoms with Crippen LogP contribution in [-0.2, 0) is 10.1 Å². The Morgan fingerprint density at radius 3 is 2.35 bits per heavy atom. The fraction of sp³-hybridized carbons (Fsp3) is 0.385. The molecule has 3 aliphatic rings. The highest BCUT2D eigenvalue weighted by molar-refractivity contribution is 7.25. The van der Waals surface area contributed by atoms with E-state index in [-0.39, 0.29) is 5.41 Å². The van der Waals surface area contributed by atoms with E-state index in [4.69, 9.17) is 4.65 Å². The van der Waals surface area contributed by atoms with Crippen molar-refractivity contribution in [3.8, 4) is 22.3 Å². The van der Waals surface area contributed by atoms with Crippen molar-refractivity contribution in [2.45, 2.75) is 82.8 Å². The van der Waals surface area contributed by atoms with Crippen molar-refractivity contribution in [1.82, 2.24) is 0 Å².